The number of hydrogen-bond acceptors (Lipinski definition) is 4. The number of halogens is 1. The van der Waals surface area contributed by atoms with Gasteiger partial charge in [0.15, 0.2) is 0 Å². The number of fused-ring (bicyclic) bond motifs is 1. The summed E-state index contributed by atoms with van der Waals surface area (Å²) in [5.41, 5.74) is 9.32. The number of pyridine rings is 1. The van der Waals surface area contributed by atoms with Gasteiger partial charge in [-0.15, -0.1) is 12.4 Å². The minimum atomic E-state index is 0. The summed E-state index contributed by atoms with van der Waals surface area (Å²) in [5, 5.41) is 4.35. The smallest absolute Gasteiger partial charge is 0.224 e. The van der Waals surface area contributed by atoms with Crippen molar-refractivity contribution < 1.29 is 4.79 Å². The molecular weight excluding hydrogens is 420 g/mol. The van der Waals surface area contributed by atoms with Gasteiger partial charge < -0.3 is 16.0 Å². The summed E-state index contributed by atoms with van der Waals surface area (Å²) in [6, 6.07) is 8.58. The van der Waals surface area contributed by atoms with Crippen molar-refractivity contribution in [2.24, 2.45) is 28.9 Å². The molecule has 7 rings (SSSR count). The molecule has 1 saturated heterocycles. The number of hydrogen-bond donors (Lipinski definition) is 2. The van der Waals surface area contributed by atoms with Crippen LogP contribution in [0.15, 0.2) is 24.3 Å². The Kier molecular flexibility index (Phi) is 5.61. The second kappa shape index (κ2) is 8.18. The zero-order valence-electron chi connectivity index (χ0n) is 19.0. The second-order valence-electron chi connectivity index (χ2n) is 11.1. The molecule has 1 atom stereocenters. The lowest BCUT2D eigenvalue weighted by molar-refractivity contribution is -0.124. The number of carbonyl (C=O) groups excluding carboxylic acids is 1. The number of amides is 1. The lowest BCUT2D eigenvalue weighted by atomic mass is 9.49. The standard InChI is InChI=1S/C26H34N4O.ClH/c1-16-2-4-22-21(3-5-23(28-22)30-7-6-20(27)15-30)25(16)29-24(31)14-26-11-17-8-18(12-26)10-19(9-17)13-26;/h2-5,17-20H,6-15,27H2,1H3,(H,29,31);1H/t17?,18?,19?,20-,26?;/m0./s1. The first-order valence-corrected chi connectivity index (χ1v) is 12.2. The van der Waals surface area contributed by atoms with Crippen LogP contribution in [0.5, 0.6) is 0 Å². The first-order valence-electron chi connectivity index (χ1n) is 12.2. The van der Waals surface area contributed by atoms with Crippen molar-refractivity contribution in [3.05, 3.63) is 29.8 Å². The monoisotopic (exact) mass is 454 g/mol. The van der Waals surface area contributed by atoms with E-state index in [4.69, 9.17) is 10.7 Å². The van der Waals surface area contributed by atoms with Gasteiger partial charge in [-0.25, -0.2) is 4.98 Å². The van der Waals surface area contributed by atoms with Crippen LogP contribution >= 0.6 is 12.4 Å². The maximum absolute atomic E-state index is 13.3. The maximum atomic E-state index is 13.3. The van der Waals surface area contributed by atoms with E-state index in [-0.39, 0.29) is 29.8 Å². The number of anilines is 2. The molecule has 1 aliphatic heterocycles. The fourth-order valence-corrected chi connectivity index (χ4v) is 7.67. The van der Waals surface area contributed by atoms with E-state index in [0.29, 0.717) is 6.42 Å². The Labute approximate surface area is 196 Å². The van der Waals surface area contributed by atoms with Crippen molar-refractivity contribution in [1.82, 2.24) is 4.98 Å². The highest BCUT2D eigenvalue weighted by Gasteiger charge is 2.51. The van der Waals surface area contributed by atoms with Crippen LogP contribution in [-0.2, 0) is 4.79 Å². The molecule has 172 valence electrons. The highest BCUT2D eigenvalue weighted by molar-refractivity contribution is 6.02. The average Bonchev–Trinajstić information content (AvgIpc) is 3.15. The molecule has 1 amide bonds. The molecule has 4 saturated carbocycles. The minimum absolute atomic E-state index is 0. The van der Waals surface area contributed by atoms with Crippen LogP contribution < -0.4 is 16.0 Å². The molecule has 6 heteroatoms. The first-order chi connectivity index (χ1) is 15.0. The van der Waals surface area contributed by atoms with Gasteiger partial charge in [0.1, 0.15) is 5.82 Å². The van der Waals surface area contributed by atoms with Crippen LogP contribution in [0.2, 0.25) is 0 Å². The molecule has 32 heavy (non-hydrogen) atoms. The third-order valence-corrected chi connectivity index (χ3v) is 8.58. The number of carbonyl (C=O) groups is 1. The van der Waals surface area contributed by atoms with E-state index in [0.717, 1.165) is 65.2 Å². The number of rotatable bonds is 4. The number of nitrogens with zero attached hydrogens (tertiary/aromatic N) is 2. The van der Waals surface area contributed by atoms with Crippen molar-refractivity contribution >= 4 is 40.7 Å². The molecule has 0 spiro atoms. The van der Waals surface area contributed by atoms with Gasteiger partial charge in [0.05, 0.1) is 11.2 Å². The summed E-state index contributed by atoms with van der Waals surface area (Å²) in [5.74, 6) is 3.79. The highest BCUT2D eigenvalue weighted by atomic mass is 35.5. The molecule has 2 aromatic rings. The van der Waals surface area contributed by atoms with Gasteiger partial charge in [0.2, 0.25) is 5.91 Å². The zero-order chi connectivity index (χ0) is 21.2. The van der Waals surface area contributed by atoms with Gasteiger partial charge in [-0.3, -0.25) is 4.79 Å². The molecule has 1 aromatic heterocycles. The zero-order valence-corrected chi connectivity index (χ0v) is 19.8. The van der Waals surface area contributed by atoms with Crippen LogP contribution in [0.3, 0.4) is 0 Å². The molecule has 3 N–H and O–H groups in total. The third-order valence-electron chi connectivity index (χ3n) is 8.58. The van der Waals surface area contributed by atoms with Gasteiger partial charge in [-0.05, 0) is 98.8 Å². The minimum Gasteiger partial charge on any atom is -0.355 e. The molecule has 5 aliphatic rings. The van der Waals surface area contributed by atoms with Crippen molar-refractivity contribution in [3.8, 4) is 0 Å². The highest BCUT2D eigenvalue weighted by Crippen LogP contribution is 2.61. The van der Waals surface area contributed by atoms with Crippen LogP contribution in [0.25, 0.3) is 10.9 Å². The van der Waals surface area contributed by atoms with Gasteiger partial charge >= 0.3 is 0 Å². The molecular formula is C26H35ClN4O. The fraction of sp³-hybridized carbons (Fsp3) is 0.615. The van der Waals surface area contributed by atoms with Gasteiger partial charge in [-0.1, -0.05) is 6.07 Å². The predicted octanol–water partition coefficient (Wildman–Crippen LogP) is 5.05. The number of aryl methyl sites for hydroxylation is 1. The van der Waals surface area contributed by atoms with E-state index in [1.807, 2.05) is 0 Å². The number of benzene rings is 1. The lowest BCUT2D eigenvalue weighted by Gasteiger charge is -2.56. The molecule has 4 aliphatic carbocycles. The number of nitrogens with one attached hydrogen (secondary N) is 1. The normalized spacial score (nSPS) is 32.9. The third kappa shape index (κ3) is 3.88. The molecule has 0 unspecified atom stereocenters. The van der Waals surface area contributed by atoms with E-state index in [1.54, 1.807) is 0 Å². The first kappa shape index (κ1) is 22.0. The fourth-order valence-electron chi connectivity index (χ4n) is 7.67. The quantitative estimate of drug-likeness (QED) is 0.678. The Morgan fingerprint density at radius 1 is 1.12 bits per heavy atom. The molecule has 1 aromatic carbocycles. The van der Waals surface area contributed by atoms with Gasteiger partial charge in [0, 0.05) is 30.9 Å². The van der Waals surface area contributed by atoms with Crippen molar-refractivity contribution in [2.45, 2.75) is 64.3 Å². The Hall–Kier alpha value is -1.85. The topological polar surface area (TPSA) is 71.2 Å². The summed E-state index contributed by atoms with van der Waals surface area (Å²) in [4.78, 5) is 20.4. The summed E-state index contributed by atoms with van der Waals surface area (Å²) in [6.07, 6.45) is 9.75. The van der Waals surface area contributed by atoms with E-state index >= 15 is 0 Å². The van der Waals surface area contributed by atoms with Crippen LogP contribution in [0.4, 0.5) is 11.5 Å². The Bertz CT molecular complexity index is 1000. The molecule has 0 radical (unpaired) electrons. The van der Waals surface area contributed by atoms with E-state index < -0.39 is 0 Å². The summed E-state index contributed by atoms with van der Waals surface area (Å²) >= 11 is 0. The van der Waals surface area contributed by atoms with Crippen molar-refractivity contribution in [1.29, 1.82) is 0 Å². The van der Waals surface area contributed by atoms with E-state index in [9.17, 15) is 4.79 Å². The second-order valence-corrected chi connectivity index (χ2v) is 11.1. The molecule has 5 nitrogen and oxygen atoms in total. The van der Waals surface area contributed by atoms with Gasteiger partial charge in [-0.2, -0.15) is 0 Å². The maximum Gasteiger partial charge on any atom is 0.224 e. The summed E-state index contributed by atoms with van der Waals surface area (Å²) in [6.45, 7) is 3.90. The van der Waals surface area contributed by atoms with Crippen LogP contribution in [0.1, 0.15) is 56.9 Å². The largest absolute Gasteiger partial charge is 0.355 e. The molecule has 2 heterocycles. The lowest BCUT2D eigenvalue weighted by Crippen LogP contribution is -2.47. The summed E-state index contributed by atoms with van der Waals surface area (Å²) in [7, 11) is 0. The van der Waals surface area contributed by atoms with Gasteiger partial charge in [0.25, 0.3) is 0 Å². The van der Waals surface area contributed by atoms with E-state index in [2.05, 4.69) is 41.4 Å². The number of nitrogens with two attached hydrogens (primary N) is 1. The van der Waals surface area contributed by atoms with E-state index in [1.165, 1.54) is 38.5 Å². The Morgan fingerprint density at radius 2 is 1.81 bits per heavy atom. The van der Waals surface area contributed by atoms with Crippen molar-refractivity contribution in [2.75, 3.05) is 23.3 Å². The van der Waals surface area contributed by atoms with Crippen molar-refractivity contribution in [3.63, 3.8) is 0 Å². The SMILES string of the molecule is Cc1ccc2nc(N3CC[C@H](N)C3)ccc2c1NC(=O)CC12CC3CC(CC(C3)C1)C2.Cl. The van der Waals surface area contributed by atoms with Crippen LogP contribution in [0, 0.1) is 30.1 Å². The molecule has 4 bridgehead atoms. The Balaban J connectivity index is 0.00000216. The predicted molar refractivity (Wildman–Crippen MR) is 132 cm³/mol. The molecule has 5 fully saturated rings. The Morgan fingerprint density at radius 3 is 2.44 bits per heavy atom. The summed E-state index contributed by atoms with van der Waals surface area (Å²) < 4.78 is 0. The number of aromatic nitrogens is 1. The van der Waals surface area contributed by atoms with Crippen LogP contribution in [-0.4, -0.2) is 30.0 Å². The average molecular weight is 455 g/mol.